The number of rotatable bonds is 6. The monoisotopic (exact) mass is 258 g/mol. The Morgan fingerprint density at radius 3 is 2.84 bits per heavy atom. The molecule has 4 nitrogen and oxygen atoms in total. The maximum absolute atomic E-state index is 10.8. The minimum atomic E-state index is -0.799. The Kier molecular flexibility index (Phi) is 4.72. The van der Waals surface area contributed by atoms with Gasteiger partial charge in [-0.15, -0.1) is 0 Å². The van der Waals surface area contributed by atoms with Gasteiger partial charge in [-0.25, -0.2) is 9.78 Å². The van der Waals surface area contributed by atoms with Crippen LogP contribution < -0.4 is 5.32 Å². The molecule has 0 spiro atoms. The van der Waals surface area contributed by atoms with E-state index in [2.05, 4.69) is 10.3 Å². The number of pyridine rings is 1. The second-order valence-electron chi connectivity index (χ2n) is 4.57. The van der Waals surface area contributed by atoms with E-state index in [1.165, 1.54) is 5.57 Å². The average molecular weight is 258 g/mol. The zero-order valence-electron chi connectivity index (χ0n) is 10.8. The third-order valence-electron chi connectivity index (χ3n) is 3.16. The van der Waals surface area contributed by atoms with Crippen molar-refractivity contribution in [1.29, 1.82) is 0 Å². The normalized spacial score (nSPS) is 14.5. The number of carboxylic acid groups (broad SMARTS) is 1. The number of aliphatic carboxylic acids is 1. The SMILES string of the molecule is O=C(O)C1=CC=C(CCCNc2ccccn2)CC1. The summed E-state index contributed by atoms with van der Waals surface area (Å²) >= 11 is 0. The fraction of sp³-hybridized carbons (Fsp3) is 0.333. The van der Waals surface area contributed by atoms with Crippen molar-refractivity contribution in [3.63, 3.8) is 0 Å². The van der Waals surface area contributed by atoms with E-state index in [0.29, 0.717) is 12.0 Å². The Balaban J connectivity index is 1.71. The highest BCUT2D eigenvalue weighted by Crippen LogP contribution is 2.21. The Morgan fingerprint density at radius 2 is 2.21 bits per heavy atom. The van der Waals surface area contributed by atoms with E-state index in [1.54, 1.807) is 12.3 Å². The Hall–Kier alpha value is -2.10. The van der Waals surface area contributed by atoms with Crippen molar-refractivity contribution >= 4 is 11.8 Å². The van der Waals surface area contributed by atoms with Crippen LogP contribution in [0.15, 0.2) is 47.7 Å². The first-order chi connectivity index (χ1) is 9.25. The van der Waals surface area contributed by atoms with Crippen LogP contribution in [0.1, 0.15) is 25.7 Å². The molecule has 4 heteroatoms. The fourth-order valence-corrected chi connectivity index (χ4v) is 2.07. The number of nitrogens with one attached hydrogen (secondary N) is 1. The fourth-order valence-electron chi connectivity index (χ4n) is 2.07. The maximum atomic E-state index is 10.8. The third kappa shape index (κ3) is 4.25. The van der Waals surface area contributed by atoms with Gasteiger partial charge in [-0.3, -0.25) is 0 Å². The summed E-state index contributed by atoms with van der Waals surface area (Å²) < 4.78 is 0. The van der Waals surface area contributed by atoms with Crippen molar-refractivity contribution in [3.8, 4) is 0 Å². The molecule has 1 aliphatic rings. The van der Waals surface area contributed by atoms with Gasteiger partial charge in [0.25, 0.3) is 0 Å². The molecule has 1 heterocycles. The van der Waals surface area contributed by atoms with Crippen molar-refractivity contribution in [2.24, 2.45) is 0 Å². The van der Waals surface area contributed by atoms with Gasteiger partial charge >= 0.3 is 5.97 Å². The van der Waals surface area contributed by atoms with E-state index in [1.807, 2.05) is 24.3 Å². The van der Waals surface area contributed by atoms with Crippen LogP contribution in [-0.4, -0.2) is 22.6 Å². The molecule has 0 aliphatic heterocycles. The van der Waals surface area contributed by atoms with Crippen molar-refractivity contribution < 1.29 is 9.90 Å². The van der Waals surface area contributed by atoms with Gasteiger partial charge in [0.15, 0.2) is 0 Å². The predicted molar refractivity (Wildman–Crippen MR) is 75.0 cm³/mol. The van der Waals surface area contributed by atoms with Crippen LogP contribution in [0.4, 0.5) is 5.82 Å². The molecule has 0 radical (unpaired) electrons. The molecule has 0 aromatic carbocycles. The Labute approximate surface area is 112 Å². The standard InChI is InChI=1S/C15H18N2O2/c18-15(19)13-8-6-12(7-9-13)4-3-11-17-14-5-1-2-10-16-14/h1-2,5-6,8,10H,3-4,7,9,11H2,(H,16,17)(H,18,19). The summed E-state index contributed by atoms with van der Waals surface area (Å²) in [5, 5.41) is 12.1. The van der Waals surface area contributed by atoms with Gasteiger partial charge in [-0.2, -0.15) is 0 Å². The zero-order valence-corrected chi connectivity index (χ0v) is 10.8. The van der Waals surface area contributed by atoms with Gasteiger partial charge in [-0.1, -0.05) is 23.8 Å². The summed E-state index contributed by atoms with van der Waals surface area (Å²) in [6, 6.07) is 5.80. The largest absolute Gasteiger partial charge is 0.478 e. The molecule has 1 aromatic heterocycles. The van der Waals surface area contributed by atoms with Crippen LogP contribution in [0.2, 0.25) is 0 Å². The highest BCUT2D eigenvalue weighted by atomic mass is 16.4. The third-order valence-corrected chi connectivity index (χ3v) is 3.16. The number of hydrogen-bond acceptors (Lipinski definition) is 3. The molecule has 0 saturated heterocycles. The molecule has 0 unspecified atom stereocenters. The van der Waals surface area contributed by atoms with E-state index >= 15 is 0 Å². The van der Waals surface area contributed by atoms with Gasteiger partial charge in [-0.05, 0) is 37.8 Å². The number of hydrogen-bond donors (Lipinski definition) is 2. The molecule has 2 N–H and O–H groups in total. The van der Waals surface area contributed by atoms with Crippen molar-refractivity contribution in [3.05, 3.63) is 47.7 Å². The van der Waals surface area contributed by atoms with E-state index in [0.717, 1.165) is 31.6 Å². The van der Waals surface area contributed by atoms with E-state index < -0.39 is 5.97 Å². The van der Waals surface area contributed by atoms with Crippen molar-refractivity contribution in [1.82, 2.24) is 4.98 Å². The van der Waals surface area contributed by atoms with Crippen LogP contribution in [0.5, 0.6) is 0 Å². The molecule has 0 atom stereocenters. The van der Waals surface area contributed by atoms with Gasteiger partial charge < -0.3 is 10.4 Å². The van der Waals surface area contributed by atoms with Crippen LogP contribution in [0.3, 0.4) is 0 Å². The lowest BCUT2D eigenvalue weighted by Crippen LogP contribution is -2.06. The zero-order chi connectivity index (χ0) is 13.5. The van der Waals surface area contributed by atoms with Crippen molar-refractivity contribution in [2.45, 2.75) is 25.7 Å². The van der Waals surface area contributed by atoms with Crippen LogP contribution in [0.25, 0.3) is 0 Å². The number of carboxylic acids is 1. The molecule has 1 aromatic rings. The lowest BCUT2D eigenvalue weighted by Gasteiger charge is -2.12. The van der Waals surface area contributed by atoms with Gasteiger partial charge in [0.2, 0.25) is 0 Å². The molecule has 1 aliphatic carbocycles. The molecule has 0 saturated carbocycles. The van der Waals surface area contributed by atoms with Crippen LogP contribution in [0, 0.1) is 0 Å². The second-order valence-corrected chi connectivity index (χ2v) is 4.57. The number of nitrogens with zero attached hydrogens (tertiary/aromatic N) is 1. The second kappa shape index (κ2) is 6.73. The number of carbonyl (C=O) groups is 1. The van der Waals surface area contributed by atoms with Gasteiger partial charge in [0, 0.05) is 18.3 Å². The molecule has 100 valence electrons. The lowest BCUT2D eigenvalue weighted by molar-refractivity contribution is -0.132. The quantitative estimate of drug-likeness (QED) is 0.770. The average Bonchev–Trinajstić information content (AvgIpc) is 2.45. The lowest BCUT2D eigenvalue weighted by atomic mass is 9.95. The Morgan fingerprint density at radius 1 is 1.32 bits per heavy atom. The molecule has 0 bridgehead atoms. The van der Waals surface area contributed by atoms with Gasteiger partial charge in [0.05, 0.1) is 0 Å². The minimum absolute atomic E-state index is 0.510. The minimum Gasteiger partial charge on any atom is -0.478 e. The predicted octanol–water partition coefficient (Wildman–Crippen LogP) is 3.00. The van der Waals surface area contributed by atoms with E-state index in [-0.39, 0.29) is 0 Å². The highest BCUT2D eigenvalue weighted by molar-refractivity contribution is 5.87. The summed E-state index contributed by atoms with van der Waals surface area (Å²) in [7, 11) is 0. The molecule has 0 amide bonds. The summed E-state index contributed by atoms with van der Waals surface area (Å²) in [6.07, 6.45) is 8.99. The van der Waals surface area contributed by atoms with Crippen LogP contribution >= 0.6 is 0 Å². The first kappa shape index (κ1) is 13.3. The summed E-state index contributed by atoms with van der Waals surface area (Å²) in [5.74, 6) is 0.0975. The highest BCUT2D eigenvalue weighted by Gasteiger charge is 2.11. The topological polar surface area (TPSA) is 62.2 Å². The molecule has 2 rings (SSSR count). The van der Waals surface area contributed by atoms with Crippen molar-refractivity contribution in [2.75, 3.05) is 11.9 Å². The smallest absolute Gasteiger partial charge is 0.331 e. The molecule has 0 fully saturated rings. The first-order valence-corrected chi connectivity index (χ1v) is 6.52. The maximum Gasteiger partial charge on any atom is 0.331 e. The first-order valence-electron chi connectivity index (χ1n) is 6.52. The van der Waals surface area contributed by atoms with Crippen LogP contribution in [-0.2, 0) is 4.79 Å². The van der Waals surface area contributed by atoms with E-state index in [9.17, 15) is 4.79 Å². The van der Waals surface area contributed by atoms with E-state index in [4.69, 9.17) is 5.11 Å². The number of aromatic nitrogens is 1. The molecular weight excluding hydrogens is 240 g/mol. The van der Waals surface area contributed by atoms with Gasteiger partial charge in [0.1, 0.15) is 5.82 Å². The summed E-state index contributed by atoms with van der Waals surface area (Å²) in [4.78, 5) is 15.0. The molecule has 19 heavy (non-hydrogen) atoms. The number of allylic oxidation sites excluding steroid dienone is 3. The summed E-state index contributed by atoms with van der Waals surface area (Å²) in [6.45, 7) is 0.879. The number of anilines is 1. The molecular formula is C15H18N2O2. The summed E-state index contributed by atoms with van der Waals surface area (Å²) in [5.41, 5.74) is 1.84. The Bertz CT molecular complexity index is 492.